The lowest BCUT2D eigenvalue weighted by atomic mass is 9.89. The van der Waals surface area contributed by atoms with Gasteiger partial charge in [-0.25, -0.2) is 15.0 Å². The number of nitrogens with zero attached hydrogens (tertiary/aromatic N) is 4. The van der Waals surface area contributed by atoms with E-state index in [-0.39, 0.29) is 0 Å². The molecular formula is C38H24N4. The number of hydrogen-bond donors (Lipinski definition) is 0. The normalized spacial score (nSPS) is 10.8. The van der Waals surface area contributed by atoms with E-state index in [9.17, 15) is 5.26 Å². The van der Waals surface area contributed by atoms with Gasteiger partial charge in [0.1, 0.15) is 0 Å². The maximum atomic E-state index is 9.33. The Kier molecular flexibility index (Phi) is 6.52. The summed E-state index contributed by atoms with van der Waals surface area (Å²) >= 11 is 0. The minimum absolute atomic E-state index is 0.615. The van der Waals surface area contributed by atoms with Crippen LogP contribution in [0, 0.1) is 11.3 Å². The summed E-state index contributed by atoms with van der Waals surface area (Å²) in [5, 5.41) is 11.6. The summed E-state index contributed by atoms with van der Waals surface area (Å²) in [7, 11) is 0. The summed E-state index contributed by atoms with van der Waals surface area (Å²) in [6, 6.07) is 51.2. The van der Waals surface area contributed by atoms with Gasteiger partial charge in [0, 0.05) is 16.7 Å². The molecule has 1 aromatic heterocycles. The molecule has 7 aromatic rings. The van der Waals surface area contributed by atoms with E-state index in [0.717, 1.165) is 49.7 Å². The minimum Gasteiger partial charge on any atom is -0.208 e. The van der Waals surface area contributed by atoms with E-state index < -0.39 is 0 Å². The first-order chi connectivity index (χ1) is 20.8. The lowest BCUT2D eigenvalue weighted by molar-refractivity contribution is 1.07. The van der Waals surface area contributed by atoms with Crippen LogP contribution in [0.15, 0.2) is 146 Å². The Morgan fingerprint density at radius 1 is 0.429 bits per heavy atom. The summed E-state index contributed by atoms with van der Waals surface area (Å²) in [5.41, 5.74) is 7.76. The number of rotatable bonds is 5. The van der Waals surface area contributed by atoms with Crippen LogP contribution in [0.4, 0.5) is 0 Å². The molecule has 4 nitrogen and oxygen atoms in total. The number of fused-ring (bicyclic) bond motifs is 1. The molecule has 4 heteroatoms. The fourth-order valence-electron chi connectivity index (χ4n) is 5.30. The molecule has 0 bridgehead atoms. The molecule has 42 heavy (non-hydrogen) atoms. The lowest BCUT2D eigenvalue weighted by Gasteiger charge is -2.15. The molecule has 0 amide bonds. The van der Waals surface area contributed by atoms with Crippen molar-refractivity contribution in [1.29, 1.82) is 5.26 Å². The number of hydrogen-bond acceptors (Lipinski definition) is 4. The monoisotopic (exact) mass is 536 g/mol. The first-order valence-electron chi connectivity index (χ1n) is 13.8. The van der Waals surface area contributed by atoms with E-state index in [1.165, 1.54) is 0 Å². The lowest BCUT2D eigenvalue weighted by Crippen LogP contribution is -2.00. The molecule has 0 fully saturated rings. The summed E-state index contributed by atoms with van der Waals surface area (Å²) in [4.78, 5) is 14.7. The highest BCUT2D eigenvalue weighted by Gasteiger charge is 2.16. The van der Waals surface area contributed by atoms with Crippen LogP contribution < -0.4 is 0 Å². The smallest absolute Gasteiger partial charge is 0.164 e. The summed E-state index contributed by atoms with van der Waals surface area (Å²) in [5.74, 6) is 1.88. The molecule has 0 atom stereocenters. The first-order valence-corrected chi connectivity index (χ1v) is 13.8. The molecule has 0 saturated carbocycles. The Labute approximate surface area is 244 Å². The van der Waals surface area contributed by atoms with Gasteiger partial charge in [-0.3, -0.25) is 0 Å². The topological polar surface area (TPSA) is 62.5 Å². The van der Waals surface area contributed by atoms with Crippen LogP contribution in [0.3, 0.4) is 0 Å². The van der Waals surface area contributed by atoms with Gasteiger partial charge < -0.3 is 0 Å². The van der Waals surface area contributed by atoms with Crippen LogP contribution in [-0.4, -0.2) is 15.0 Å². The zero-order chi connectivity index (χ0) is 28.3. The van der Waals surface area contributed by atoms with Crippen molar-refractivity contribution in [3.63, 3.8) is 0 Å². The van der Waals surface area contributed by atoms with Crippen LogP contribution in [0.2, 0.25) is 0 Å². The molecule has 0 spiro atoms. The quantitative estimate of drug-likeness (QED) is 0.220. The maximum Gasteiger partial charge on any atom is 0.164 e. The third kappa shape index (κ3) is 4.81. The Balaban J connectivity index is 1.43. The standard InChI is InChI=1S/C38H24N4/c39-25-26-18-20-28(21-19-26)34-23-22-27-10-7-8-17-33(27)35(34)31-15-9-16-32(24-31)38-41-36(29-11-3-1-4-12-29)40-37(42-38)30-13-5-2-6-14-30/h1-24H. The highest BCUT2D eigenvalue weighted by Crippen LogP contribution is 2.39. The van der Waals surface area contributed by atoms with Crippen molar-refractivity contribution in [1.82, 2.24) is 15.0 Å². The van der Waals surface area contributed by atoms with Crippen molar-refractivity contribution in [2.24, 2.45) is 0 Å². The maximum absolute atomic E-state index is 9.33. The Morgan fingerprint density at radius 3 is 1.62 bits per heavy atom. The molecule has 1 heterocycles. The van der Waals surface area contributed by atoms with Crippen LogP contribution in [-0.2, 0) is 0 Å². The van der Waals surface area contributed by atoms with Gasteiger partial charge in [0.2, 0.25) is 0 Å². The predicted octanol–water partition coefficient (Wildman–Crippen LogP) is 9.23. The number of aromatic nitrogens is 3. The van der Waals surface area contributed by atoms with Crippen molar-refractivity contribution in [2.45, 2.75) is 0 Å². The van der Waals surface area contributed by atoms with Crippen LogP contribution >= 0.6 is 0 Å². The van der Waals surface area contributed by atoms with Crippen molar-refractivity contribution in [3.05, 3.63) is 151 Å². The van der Waals surface area contributed by atoms with Gasteiger partial charge in [-0.15, -0.1) is 0 Å². The fraction of sp³-hybridized carbons (Fsp3) is 0. The Morgan fingerprint density at radius 2 is 0.976 bits per heavy atom. The second-order valence-corrected chi connectivity index (χ2v) is 10.0. The van der Waals surface area contributed by atoms with Crippen LogP contribution in [0.25, 0.3) is 67.2 Å². The second kappa shape index (κ2) is 10.9. The molecule has 0 N–H and O–H groups in total. The SMILES string of the molecule is N#Cc1ccc(-c2ccc3ccccc3c2-c2cccc(-c3nc(-c4ccccc4)nc(-c4ccccc4)n3)c2)cc1. The van der Waals surface area contributed by atoms with Gasteiger partial charge >= 0.3 is 0 Å². The molecule has 6 aromatic carbocycles. The summed E-state index contributed by atoms with van der Waals surface area (Å²) in [6.07, 6.45) is 0. The third-order valence-corrected chi connectivity index (χ3v) is 7.36. The van der Waals surface area contributed by atoms with Crippen molar-refractivity contribution in [3.8, 4) is 62.5 Å². The third-order valence-electron chi connectivity index (χ3n) is 7.36. The average molecular weight is 537 g/mol. The van der Waals surface area contributed by atoms with Crippen LogP contribution in [0.1, 0.15) is 5.56 Å². The summed E-state index contributed by atoms with van der Waals surface area (Å²) < 4.78 is 0. The molecule has 0 aliphatic carbocycles. The number of nitriles is 1. The molecule has 7 rings (SSSR count). The highest BCUT2D eigenvalue weighted by atomic mass is 15.0. The van der Waals surface area contributed by atoms with Gasteiger partial charge in [0.05, 0.1) is 11.6 Å². The van der Waals surface area contributed by atoms with Crippen LogP contribution in [0.5, 0.6) is 0 Å². The van der Waals surface area contributed by atoms with Gasteiger partial charge in [-0.2, -0.15) is 5.26 Å². The zero-order valence-corrected chi connectivity index (χ0v) is 22.6. The van der Waals surface area contributed by atoms with E-state index >= 15 is 0 Å². The van der Waals surface area contributed by atoms with Gasteiger partial charge in [-0.1, -0.05) is 127 Å². The van der Waals surface area contributed by atoms with Crippen molar-refractivity contribution >= 4 is 10.8 Å². The van der Waals surface area contributed by atoms with Crippen molar-refractivity contribution in [2.75, 3.05) is 0 Å². The summed E-state index contributed by atoms with van der Waals surface area (Å²) in [6.45, 7) is 0. The Hall–Kier alpha value is -5.92. The zero-order valence-electron chi connectivity index (χ0n) is 22.6. The van der Waals surface area contributed by atoms with E-state index in [0.29, 0.717) is 23.0 Å². The van der Waals surface area contributed by atoms with E-state index in [1.807, 2.05) is 84.9 Å². The molecule has 0 aliphatic rings. The highest BCUT2D eigenvalue weighted by molar-refractivity contribution is 6.04. The van der Waals surface area contributed by atoms with E-state index in [2.05, 4.69) is 66.7 Å². The fourth-order valence-corrected chi connectivity index (χ4v) is 5.30. The van der Waals surface area contributed by atoms with E-state index in [1.54, 1.807) is 0 Å². The molecule has 196 valence electrons. The molecular weight excluding hydrogens is 512 g/mol. The predicted molar refractivity (Wildman–Crippen MR) is 169 cm³/mol. The van der Waals surface area contributed by atoms with Crippen molar-refractivity contribution < 1.29 is 0 Å². The van der Waals surface area contributed by atoms with Gasteiger partial charge in [-0.05, 0) is 51.2 Å². The molecule has 0 radical (unpaired) electrons. The van der Waals surface area contributed by atoms with Gasteiger partial charge in [0.25, 0.3) is 0 Å². The average Bonchev–Trinajstić information content (AvgIpc) is 3.08. The molecule has 0 aliphatic heterocycles. The molecule has 0 unspecified atom stereocenters. The molecule has 0 saturated heterocycles. The van der Waals surface area contributed by atoms with E-state index in [4.69, 9.17) is 15.0 Å². The Bertz CT molecular complexity index is 2020. The van der Waals surface area contributed by atoms with Gasteiger partial charge in [0.15, 0.2) is 17.5 Å². The minimum atomic E-state index is 0.615. The largest absolute Gasteiger partial charge is 0.208 e. The number of benzene rings is 6. The first kappa shape index (κ1) is 25.1. The second-order valence-electron chi connectivity index (χ2n) is 10.0.